The van der Waals surface area contributed by atoms with Crippen LogP contribution in [0.4, 0.5) is 0 Å². The summed E-state index contributed by atoms with van der Waals surface area (Å²) in [4.78, 5) is 2.54. The van der Waals surface area contributed by atoms with Crippen molar-refractivity contribution in [3.8, 4) is 5.75 Å². The van der Waals surface area contributed by atoms with Crippen LogP contribution in [0.5, 0.6) is 5.75 Å². The normalized spacial score (nSPS) is 18.3. The molecule has 106 valence electrons. The van der Waals surface area contributed by atoms with Gasteiger partial charge < -0.3 is 10.5 Å². The zero-order valence-electron chi connectivity index (χ0n) is 12.2. The Labute approximate surface area is 116 Å². The second-order valence-corrected chi connectivity index (χ2v) is 5.66. The zero-order valence-corrected chi connectivity index (χ0v) is 12.2. The number of nitrogens with zero attached hydrogens (tertiary/aromatic N) is 1. The van der Waals surface area contributed by atoms with Gasteiger partial charge in [-0.2, -0.15) is 0 Å². The maximum Gasteiger partial charge on any atom is 0.122 e. The van der Waals surface area contributed by atoms with Crippen molar-refractivity contribution in [3.05, 3.63) is 29.3 Å². The summed E-state index contributed by atoms with van der Waals surface area (Å²) in [6.45, 7) is 5.55. The van der Waals surface area contributed by atoms with E-state index in [0.29, 0.717) is 0 Å². The van der Waals surface area contributed by atoms with Crippen LogP contribution in [-0.4, -0.2) is 31.1 Å². The number of ether oxygens (including phenoxy) is 1. The predicted molar refractivity (Wildman–Crippen MR) is 79.5 cm³/mol. The lowest BCUT2D eigenvalue weighted by atomic mass is 10.0. The van der Waals surface area contributed by atoms with E-state index >= 15 is 0 Å². The molecule has 1 aromatic carbocycles. The molecule has 0 radical (unpaired) electrons. The molecule has 1 aromatic rings. The molecule has 1 saturated heterocycles. The molecule has 2 rings (SSSR count). The van der Waals surface area contributed by atoms with Gasteiger partial charge in [-0.15, -0.1) is 0 Å². The molecule has 2 N–H and O–H groups in total. The second kappa shape index (κ2) is 6.92. The number of methoxy groups -OCH3 is 1. The minimum absolute atomic E-state index is 0.166. The smallest absolute Gasteiger partial charge is 0.122 e. The van der Waals surface area contributed by atoms with E-state index in [1.165, 1.54) is 43.5 Å². The van der Waals surface area contributed by atoms with Gasteiger partial charge in [-0.05, 0) is 56.5 Å². The third kappa shape index (κ3) is 4.22. The fourth-order valence-corrected chi connectivity index (χ4v) is 2.81. The van der Waals surface area contributed by atoms with Crippen molar-refractivity contribution in [1.82, 2.24) is 4.90 Å². The van der Waals surface area contributed by atoms with Crippen molar-refractivity contribution in [3.63, 3.8) is 0 Å². The standard InChI is InChI=1S/C16H26N2O/c1-13(17)10-15-11-14(6-7-16(15)19-2)12-18-8-4-3-5-9-18/h6-7,11,13H,3-5,8-10,12,17H2,1-2H3. The van der Waals surface area contributed by atoms with E-state index in [2.05, 4.69) is 23.1 Å². The van der Waals surface area contributed by atoms with E-state index in [0.717, 1.165) is 18.7 Å². The molecule has 1 aliphatic rings. The van der Waals surface area contributed by atoms with Crippen LogP contribution in [0.2, 0.25) is 0 Å². The highest BCUT2D eigenvalue weighted by molar-refractivity contribution is 5.37. The molecular weight excluding hydrogens is 236 g/mol. The van der Waals surface area contributed by atoms with Crippen LogP contribution < -0.4 is 10.5 Å². The molecule has 19 heavy (non-hydrogen) atoms. The largest absolute Gasteiger partial charge is 0.496 e. The van der Waals surface area contributed by atoms with Crippen LogP contribution in [0.15, 0.2) is 18.2 Å². The number of benzene rings is 1. The lowest BCUT2D eigenvalue weighted by Crippen LogP contribution is -2.29. The van der Waals surface area contributed by atoms with E-state index in [1.807, 2.05) is 6.92 Å². The van der Waals surface area contributed by atoms with Gasteiger partial charge in [0.2, 0.25) is 0 Å². The van der Waals surface area contributed by atoms with Crippen LogP contribution in [0.3, 0.4) is 0 Å². The van der Waals surface area contributed by atoms with Crippen molar-refractivity contribution in [2.75, 3.05) is 20.2 Å². The van der Waals surface area contributed by atoms with Crippen LogP contribution in [0.1, 0.15) is 37.3 Å². The third-order valence-corrected chi connectivity index (χ3v) is 3.74. The van der Waals surface area contributed by atoms with Gasteiger partial charge in [0.15, 0.2) is 0 Å². The third-order valence-electron chi connectivity index (χ3n) is 3.74. The highest BCUT2D eigenvalue weighted by atomic mass is 16.5. The van der Waals surface area contributed by atoms with Gasteiger partial charge in [0.05, 0.1) is 7.11 Å². The van der Waals surface area contributed by atoms with Gasteiger partial charge in [0.1, 0.15) is 5.75 Å². The zero-order chi connectivity index (χ0) is 13.7. The van der Waals surface area contributed by atoms with Crippen LogP contribution >= 0.6 is 0 Å². The second-order valence-electron chi connectivity index (χ2n) is 5.66. The molecule has 1 aliphatic heterocycles. The summed E-state index contributed by atoms with van der Waals surface area (Å²) >= 11 is 0. The van der Waals surface area contributed by atoms with E-state index in [4.69, 9.17) is 10.5 Å². The maximum absolute atomic E-state index is 5.92. The first-order chi connectivity index (χ1) is 9.19. The Balaban J connectivity index is 2.07. The van der Waals surface area contributed by atoms with E-state index < -0.39 is 0 Å². The highest BCUT2D eigenvalue weighted by Crippen LogP contribution is 2.22. The lowest BCUT2D eigenvalue weighted by molar-refractivity contribution is 0.221. The Hall–Kier alpha value is -1.06. The monoisotopic (exact) mass is 262 g/mol. The molecule has 1 unspecified atom stereocenters. The SMILES string of the molecule is COc1ccc(CN2CCCCC2)cc1CC(C)N. The van der Waals surface area contributed by atoms with Crippen molar-refractivity contribution in [1.29, 1.82) is 0 Å². The first-order valence-corrected chi connectivity index (χ1v) is 7.33. The number of hydrogen-bond acceptors (Lipinski definition) is 3. The quantitative estimate of drug-likeness (QED) is 0.886. The van der Waals surface area contributed by atoms with Gasteiger partial charge in [0, 0.05) is 12.6 Å². The maximum atomic E-state index is 5.92. The highest BCUT2D eigenvalue weighted by Gasteiger charge is 2.12. The number of nitrogens with two attached hydrogens (primary N) is 1. The fraction of sp³-hybridized carbons (Fsp3) is 0.625. The first kappa shape index (κ1) is 14.4. The molecule has 0 bridgehead atoms. The lowest BCUT2D eigenvalue weighted by Gasteiger charge is -2.26. The van der Waals surface area contributed by atoms with Crippen LogP contribution in [-0.2, 0) is 13.0 Å². The van der Waals surface area contributed by atoms with Crippen molar-refractivity contribution in [2.24, 2.45) is 5.73 Å². The molecule has 1 atom stereocenters. The Bertz CT molecular complexity index is 398. The minimum atomic E-state index is 0.166. The molecule has 0 aromatic heterocycles. The van der Waals surface area contributed by atoms with Gasteiger partial charge in [-0.25, -0.2) is 0 Å². The van der Waals surface area contributed by atoms with Crippen molar-refractivity contribution >= 4 is 0 Å². The number of rotatable bonds is 5. The summed E-state index contributed by atoms with van der Waals surface area (Å²) in [6, 6.07) is 6.69. The van der Waals surface area contributed by atoms with Crippen molar-refractivity contribution in [2.45, 2.75) is 45.2 Å². The minimum Gasteiger partial charge on any atom is -0.496 e. The molecule has 0 spiro atoms. The van der Waals surface area contributed by atoms with Crippen molar-refractivity contribution < 1.29 is 4.74 Å². The van der Waals surface area contributed by atoms with Gasteiger partial charge in [-0.1, -0.05) is 18.6 Å². The Morgan fingerprint density at radius 1 is 1.26 bits per heavy atom. The molecule has 0 amide bonds. The summed E-state index contributed by atoms with van der Waals surface area (Å²) in [5.74, 6) is 0.958. The number of likely N-dealkylation sites (tertiary alicyclic amines) is 1. The van der Waals surface area contributed by atoms with E-state index in [9.17, 15) is 0 Å². The summed E-state index contributed by atoms with van der Waals surface area (Å²) < 4.78 is 5.42. The number of piperidine rings is 1. The van der Waals surface area contributed by atoms with Gasteiger partial charge in [0.25, 0.3) is 0 Å². The topological polar surface area (TPSA) is 38.5 Å². The summed E-state index contributed by atoms with van der Waals surface area (Å²) in [5, 5.41) is 0. The summed E-state index contributed by atoms with van der Waals surface area (Å²) in [7, 11) is 1.73. The predicted octanol–water partition coefficient (Wildman–Crippen LogP) is 2.57. The Morgan fingerprint density at radius 2 is 2.00 bits per heavy atom. The van der Waals surface area contributed by atoms with E-state index in [1.54, 1.807) is 7.11 Å². The van der Waals surface area contributed by atoms with Crippen LogP contribution in [0.25, 0.3) is 0 Å². The molecule has 1 fully saturated rings. The first-order valence-electron chi connectivity index (χ1n) is 7.33. The van der Waals surface area contributed by atoms with Gasteiger partial charge >= 0.3 is 0 Å². The molecule has 0 saturated carbocycles. The average Bonchev–Trinajstić information content (AvgIpc) is 2.39. The fourth-order valence-electron chi connectivity index (χ4n) is 2.81. The molecule has 1 heterocycles. The summed E-state index contributed by atoms with van der Waals surface area (Å²) in [5.41, 5.74) is 8.52. The molecule has 3 nitrogen and oxygen atoms in total. The Kier molecular flexibility index (Phi) is 5.23. The molecule has 3 heteroatoms. The van der Waals surface area contributed by atoms with E-state index in [-0.39, 0.29) is 6.04 Å². The summed E-state index contributed by atoms with van der Waals surface area (Å²) in [6.07, 6.45) is 4.93. The van der Waals surface area contributed by atoms with Gasteiger partial charge in [-0.3, -0.25) is 4.90 Å². The van der Waals surface area contributed by atoms with Crippen LogP contribution in [0, 0.1) is 0 Å². The Morgan fingerprint density at radius 3 is 2.63 bits per heavy atom. The average molecular weight is 262 g/mol. The number of hydrogen-bond donors (Lipinski definition) is 1. The molecular formula is C16H26N2O. The molecule has 0 aliphatic carbocycles.